The van der Waals surface area contributed by atoms with Gasteiger partial charge in [0.05, 0.1) is 36.8 Å². The summed E-state index contributed by atoms with van der Waals surface area (Å²) >= 11 is 1.50. The molecule has 32 heavy (non-hydrogen) atoms. The van der Waals surface area contributed by atoms with E-state index in [-0.39, 0.29) is 18.1 Å². The summed E-state index contributed by atoms with van der Waals surface area (Å²) in [6.45, 7) is 9.65. The molecule has 7 nitrogen and oxygen atoms in total. The van der Waals surface area contributed by atoms with Crippen LogP contribution < -0.4 is 5.32 Å². The molecule has 1 aromatic heterocycles. The van der Waals surface area contributed by atoms with Crippen molar-refractivity contribution in [3.05, 3.63) is 47.3 Å². The van der Waals surface area contributed by atoms with E-state index in [0.717, 1.165) is 62.2 Å². The SMILES string of the molecule is Cc1nc(SCC(=O)NCC2CN(Cc3ccccc3)CCO2)n(CC2CCCO2)c1C. The van der Waals surface area contributed by atoms with Crippen molar-refractivity contribution < 1.29 is 14.3 Å². The summed E-state index contributed by atoms with van der Waals surface area (Å²) < 4.78 is 13.9. The number of aromatic nitrogens is 2. The van der Waals surface area contributed by atoms with Gasteiger partial charge in [0.25, 0.3) is 0 Å². The second-order valence-corrected chi connectivity index (χ2v) is 9.56. The molecule has 0 aliphatic carbocycles. The molecule has 0 saturated carbocycles. The van der Waals surface area contributed by atoms with Crippen molar-refractivity contribution in [2.45, 2.75) is 57.1 Å². The Kier molecular flexibility index (Phi) is 8.24. The number of thioether (sulfide) groups is 1. The number of imidazole rings is 1. The first-order chi connectivity index (χ1) is 15.6. The molecule has 1 amide bonds. The molecule has 4 rings (SSSR count). The highest BCUT2D eigenvalue weighted by Gasteiger charge is 2.23. The quantitative estimate of drug-likeness (QED) is 0.583. The zero-order valence-corrected chi connectivity index (χ0v) is 19.9. The summed E-state index contributed by atoms with van der Waals surface area (Å²) in [6.07, 6.45) is 2.48. The zero-order valence-electron chi connectivity index (χ0n) is 19.1. The molecule has 0 spiro atoms. The number of hydrogen-bond acceptors (Lipinski definition) is 6. The van der Waals surface area contributed by atoms with Crippen molar-refractivity contribution in [2.75, 3.05) is 38.6 Å². The summed E-state index contributed by atoms with van der Waals surface area (Å²) in [5.41, 5.74) is 3.47. The third kappa shape index (κ3) is 6.34. The van der Waals surface area contributed by atoms with Gasteiger partial charge >= 0.3 is 0 Å². The molecule has 0 bridgehead atoms. The van der Waals surface area contributed by atoms with Crippen LogP contribution in [0.25, 0.3) is 0 Å². The number of carbonyl (C=O) groups is 1. The minimum Gasteiger partial charge on any atom is -0.376 e. The maximum Gasteiger partial charge on any atom is 0.230 e. The van der Waals surface area contributed by atoms with Gasteiger partial charge in [0.2, 0.25) is 5.91 Å². The molecule has 2 aliphatic rings. The third-order valence-corrected chi connectivity index (χ3v) is 7.14. The van der Waals surface area contributed by atoms with Crippen molar-refractivity contribution >= 4 is 17.7 Å². The summed E-state index contributed by atoms with van der Waals surface area (Å²) in [5.74, 6) is 0.364. The van der Waals surface area contributed by atoms with Gasteiger partial charge in [-0.3, -0.25) is 9.69 Å². The first-order valence-corrected chi connectivity index (χ1v) is 12.5. The maximum absolute atomic E-state index is 12.5. The molecular weight excluding hydrogens is 424 g/mol. The lowest BCUT2D eigenvalue weighted by molar-refractivity contribution is -0.119. The summed E-state index contributed by atoms with van der Waals surface area (Å²) in [4.78, 5) is 19.6. The van der Waals surface area contributed by atoms with Gasteiger partial charge < -0.3 is 19.4 Å². The Labute approximate surface area is 194 Å². The standard InChI is InChI=1S/C24H34N4O3S/c1-18-19(2)28(16-21-9-6-11-30-21)24(26-18)32-17-23(29)25-13-22-15-27(10-12-31-22)14-20-7-4-3-5-8-20/h3-5,7-8,21-22H,6,9-17H2,1-2H3,(H,25,29). The van der Waals surface area contributed by atoms with Gasteiger partial charge in [-0.15, -0.1) is 0 Å². The summed E-state index contributed by atoms with van der Waals surface area (Å²) in [7, 11) is 0. The average molecular weight is 459 g/mol. The number of rotatable bonds is 9. The van der Waals surface area contributed by atoms with Gasteiger partial charge in [0, 0.05) is 38.5 Å². The van der Waals surface area contributed by atoms with E-state index in [1.807, 2.05) is 13.0 Å². The predicted molar refractivity (Wildman–Crippen MR) is 126 cm³/mol. The maximum atomic E-state index is 12.5. The number of aryl methyl sites for hydroxylation is 1. The Balaban J connectivity index is 1.22. The van der Waals surface area contributed by atoms with Crippen molar-refractivity contribution in [3.63, 3.8) is 0 Å². The number of nitrogens with one attached hydrogen (secondary N) is 1. The summed E-state index contributed by atoms with van der Waals surface area (Å²) in [6, 6.07) is 10.5. The average Bonchev–Trinajstić information content (AvgIpc) is 3.41. The van der Waals surface area contributed by atoms with Crippen molar-refractivity contribution in [3.8, 4) is 0 Å². The van der Waals surface area contributed by atoms with Crippen LogP contribution in [-0.2, 0) is 27.4 Å². The van der Waals surface area contributed by atoms with E-state index in [2.05, 4.69) is 51.0 Å². The Morgan fingerprint density at radius 1 is 1.19 bits per heavy atom. The van der Waals surface area contributed by atoms with E-state index in [0.29, 0.717) is 18.9 Å². The van der Waals surface area contributed by atoms with E-state index in [9.17, 15) is 4.79 Å². The molecule has 2 saturated heterocycles. The lowest BCUT2D eigenvalue weighted by Crippen LogP contribution is -2.47. The lowest BCUT2D eigenvalue weighted by Gasteiger charge is -2.33. The van der Waals surface area contributed by atoms with Crippen molar-refractivity contribution in [2.24, 2.45) is 0 Å². The fourth-order valence-electron chi connectivity index (χ4n) is 4.24. The van der Waals surface area contributed by atoms with Crippen LogP contribution in [0.15, 0.2) is 35.5 Å². The second-order valence-electron chi connectivity index (χ2n) is 8.62. The molecule has 2 atom stereocenters. The molecule has 2 unspecified atom stereocenters. The van der Waals surface area contributed by atoms with Crippen LogP contribution in [0.2, 0.25) is 0 Å². The Hall–Kier alpha value is -1.87. The van der Waals surface area contributed by atoms with Crippen LogP contribution >= 0.6 is 11.8 Å². The fraction of sp³-hybridized carbons (Fsp3) is 0.583. The molecule has 8 heteroatoms. The van der Waals surface area contributed by atoms with Gasteiger partial charge in [0.1, 0.15) is 0 Å². The zero-order chi connectivity index (χ0) is 22.3. The number of morpholine rings is 1. The number of nitrogens with zero attached hydrogens (tertiary/aromatic N) is 3. The van der Waals surface area contributed by atoms with Crippen molar-refractivity contribution in [1.82, 2.24) is 19.8 Å². The minimum atomic E-state index is 0.0146. The van der Waals surface area contributed by atoms with Crippen LogP contribution in [0, 0.1) is 13.8 Å². The molecule has 1 N–H and O–H groups in total. The van der Waals surface area contributed by atoms with E-state index in [1.165, 1.54) is 17.3 Å². The van der Waals surface area contributed by atoms with Gasteiger partial charge in [-0.05, 0) is 32.3 Å². The van der Waals surface area contributed by atoms with Crippen molar-refractivity contribution in [1.29, 1.82) is 0 Å². The Bertz CT molecular complexity index is 883. The first-order valence-electron chi connectivity index (χ1n) is 11.5. The van der Waals surface area contributed by atoms with Crippen LogP contribution in [0.5, 0.6) is 0 Å². The molecule has 0 radical (unpaired) electrons. The van der Waals surface area contributed by atoms with Crippen LogP contribution in [0.3, 0.4) is 0 Å². The molecule has 2 aromatic rings. The Morgan fingerprint density at radius 3 is 2.78 bits per heavy atom. The highest BCUT2D eigenvalue weighted by molar-refractivity contribution is 7.99. The summed E-state index contributed by atoms with van der Waals surface area (Å²) in [5, 5.41) is 3.94. The van der Waals surface area contributed by atoms with Crippen LogP contribution in [-0.4, -0.2) is 71.2 Å². The normalized spacial score (nSPS) is 21.7. The smallest absolute Gasteiger partial charge is 0.230 e. The minimum absolute atomic E-state index is 0.0146. The van der Waals surface area contributed by atoms with Gasteiger partial charge in [-0.25, -0.2) is 4.98 Å². The number of ether oxygens (including phenoxy) is 2. The monoisotopic (exact) mass is 458 g/mol. The number of carbonyl (C=O) groups excluding carboxylic acids is 1. The topological polar surface area (TPSA) is 68.6 Å². The van der Waals surface area contributed by atoms with E-state index in [4.69, 9.17) is 9.47 Å². The van der Waals surface area contributed by atoms with E-state index >= 15 is 0 Å². The fourth-order valence-corrected chi connectivity index (χ4v) is 5.17. The number of hydrogen-bond donors (Lipinski definition) is 1. The highest BCUT2D eigenvalue weighted by Crippen LogP contribution is 2.24. The molecule has 1 aromatic carbocycles. The Morgan fingerprint density at radius 2 is 2.00 bits per heavy atom. The van der Waals surface area contributed by atoms with Crippen LogP contribution in [0.4, 0.5) is 0 Å². The van der Waals surface area contributed by atoms with E-state index < -0.39 is 0 Å². The highest BCUT2D eigenvalue weighted by atomic mass is 32.2. The van der Waals surface area contributed by atoms with Crippen LogP contribution in [0.1, 0.15) is 29.8 Å². The van der Waals surface area contributed by atoms with Gasteiger partial charge in [0.15, 0.2) is 5.16 Å². The first kappa shape index (κ1) is 23.3. The van der Waals surface area contributed by atoms with Gasteiger partial charge in [-0.2, -0.15) is 0 Å². The molecule has 2 fully saturated rings. The second kappa shape index (κ2) is 11.3. The lowest BCUT2D eigenvalue weighted by atomic mass is 10.2. The molecular formula is C24H34N4O3S. The largest absolute Gasteiger partial charge is 0.376 e. The molecule has 2 aliphatic heterocycles. The third-order valence-electron chi connectivity index (χ3n) is 6.16. The van der Waals surface area contributed by atoms with E-state index in [1.54, 1.807) is 0 Å². The number of amides is 1. The molecule has 174 valence electrons. The number of benzene rings is 1. The van der Waals surface area contributed by atoms with Gasteiger partial charge in [-0.1, -0.05) is 42.1 Å². The molecule has 3 heterocycles. The predicted octanol–water partition coefficient (Wildman–Crippen LogP) is 2.79.